The van der Waals surface area contributed by atoms with Crippen LogP contribution in [0.3, 0.4) is 0 Å². The summed E-state index contributed by atoms with van der Waals surface area (Å²) in [6.45, 7) is 4.73. The van der Waals surface area contributed by atoms with E-state index in [-0.39, 0.29) is 17.1 Å². The molecule has 3 aliphatic heterocycles. The molecule has 2 aromatic heterocycles. The first-order chi connectivity index (χ1) is 19.5. The van der Waals surface area contributed by atoms with Crippen molar-refractivity contribution in [2.45, 2.75) is 75.4 Å². The highest BCUT2D eigenvalue weighted by Gasteiger charge is 2.44. The van der Waals surface area contributed by atoms with Gasteiger partial charge in [0.25, 0.3) is 5.91 Å². The van der Waals surface area contributed by atoms with Crippen LogP contribution in [0.4, 0.5) is 0 Å². The van der Waals surface area contributed by atoms with Gasteiger partial charge in [-0.3, -0.25) is 9.69 Å². The second-order valence-electron chi connectivity index (χ2n) is 12.2. The standard InChI is InChI=1S/C33H39N5O2/c1-23-35-29-9-5-6-10-31(29)38(23)27-19-25-11-12-26(20-27)37(25)18-15-33(24-7-3-2-4-8-24)13-16-36(17-14-33)32(40)30-21-28(39)22-34-30/h2-10,21-22,25-27,34,39H,11-20H2,1H3. The second kappa shape index (κ2) is 10.1. The molecule has 0 radical (unpaired) electrons. The Balaban J connectivity index is 1.06. The lowest BCUT2D eigenvalue weighted by molar-refractivity contribution is 0.0602. The van der Waals surface area contributed by atoms with Crippen molar-refractivity contribution in [2.24, 2.45) is 0 Å². The van der Waals surface area contributed by atoms with Crippen LogP contribution < -0.4 is 0 Å². The summed E-state index contributed by atoms with van der Waals surface area (Å²) in [6.07, 6.45) is 9.48. The first-order valence-corrected chi connectivity index (χ1v) is 14.9. The van der Waals surface area contributed by atoms with Gasteiger partial charge in [0.1, 0.15) is 17.3 Å². The van der Waals surface area contributed by atoms with Crippen molar-refractivity contribution in [3.8, 4) is 5.75 Å². The number of fused-ring (bicyclic) bond motifs is 3. The van der Waals surface area contributed by atoms with E-state index in [1.54, 1.807) is 0 Å². The molecule has 1 amide bonds. The van der Waals surface area contributed by atoms with E-state index < -0.39 is 0 Å². The van der Waals surface area contributed by atoms with E-state index in [9.17, 15) is 9.90 Å². The summed E-state index contributed by atoms with van der Waals surface area (Å²) >= 11 is 0. The number of nitrogens with zero attached hydrogens (tertiary/aromatic N) is 4. The molecule has 7 rings (SSSR count). The lowest BCUT2D eigenvalue weighted by Gasteiger charge is -2.45. The van der Waals surface area contributed by atoms with Crippen molar-refractivity contribution in [1.29, 1.82) is 0 Å². The van der Waals surface area contributed by atoms with Crippen LogP contribution in [0.1, 0.15) is 72.9 Å². The highest BCUT2D eigenvalue weighted by atomic mass is 16.3. The van der Waals surface area contributed by atoms with E-state index in [4.69, 9.17) is 4.98 Å². The van der Waals surface area contributed by atoms with Crippen molar-refractivity contribution in [1.82, 2.24) is 24.3 Å². The molecule has 40 heavy (non-hydrogen) atoms. The van der Waals surface area contributed by atoms with Crippen molar-refractivity contribution in [3.05, 3.63) is 83.9 Å². The average molecular weight is 538 g/mol. The normalized spacial score (nSPS) is 24.5. The Morgan fingerprint density at radius 2 is 1.70 bits per heavy atom. The van der Waals surface area contributed by atoms with Gasteiger partial charge in [0, 0.05) is 43.5 Å². The van der Waals surface area contributed by atoms with Gasteiger partial charge in [0.2, 0.25) is 0 Å². The number of benzene rings is 2. The SMILES string of the molecule is Cc1nc2ccccc2n1C1CC2CCC(C1)N2CCC1(c2ccccc2)CCN(C(=O)c2cc(O)c[nH]2)CC1. The third-order valence-corrected chi connectivity index (χ3v) is 10.1. The summed E-state index contributed by atoms with van der Waals surface area (Å²) in [5, 5.41) is 9.69. The number of likely N-dealkylation sites (tertiary alicyclic amines) is 1. The molecule has 7 nitrogen and oxygen atoms in total. The number of aryl methyl sites for hydroxylation is 1. The van der Waals surface area contributed by atoms with E-state index in [0.29, 0.717) is 23.8 Å². The molecule has 4 aromatic rings. The van der Waals surface area contributed by atoms with Gasteiger partial charge in [0.05, 0.1) is 11.0 Å². The molecule has 0 spiro atoms. The first-order valence-electron chi connectivity index (χ1n) is 14.9. The van der Waals surface area contributed by atoms with Crippen LogP contribution in [0.15, 0.2) is 66.9 Å². The Kier molecular flexibility index (Phi) is 6.42. The fourth-order valence-electron chi connectivity index (χ4n) is 8.08. The summed E-state index contributed by atoms with van der Waals surface area (Å²) in [7, 11) is 0. The molecule has 3 fully saturated rings. The zero-order valence-corrected chi connectivity index (χ0v) is 23.3. The number of nitrogens with one attached hydrogen (secondary N) is 1. The van der Waals surface area contributed by atoms with Crippen LogP contribution in [0, 0.1) is 6.92 Å². The number of amides is 1. The van der Waals surface area contributed by atoms with Crippen LogP contribution >= 0.6 is 0 Å². The maximum Gasteiger partial charge on any atom is 0.270 e. The number of H-pyrrole nitrogens is 1. The number of rotatable bonds is 6. The molecular weight excluding hydrogens is 498 g/mol. The van der Waals surface area contributed by atoms with Gasteiger partial charge in [-0.25, -0.2) is 4.98 Å². The van der Waals surface area contributed by atoms with Crippen molar-refractivity contribution >= 4 is 16.9 Å². The fourth-order valence-corrected chi connectivity index (χ4v) is 8.08. The predicted octanol–water partition coefficient (Wildman–Crippen LogP) is 5.81. The summed E-state index contributed by atoms with van der Waals surface area (Å²) < 4.78 is 2.51. The third-order valence-electron chi connectivity index (χ3n) is 10.1. The minimum absolute atomic E-state index is 0.0237. The van der Waals surface area contributed by atoms with Crippen molar-refractivity contribution < 1.29 is 9.90 Å². The zero-order chi connectivity index (χ0) is 27.3. The molecule has 2 atom stereocenters. The highest BCUT2D eigenvalue weighted by Crippen LogP contribution is 2.45. The Morgan fingerprint density at radius 3 is 2.40 bits per heavy atom. The average Bonchev–Trinajstić information content (AvgIpc) is 3.64. The Labute approximate surface area is 235 Å². The molecule has 2 unspecified atom stereocenters. The molecule has 3 saturated heterocycles. The smallest absolute Gasteiger partial charge is 0.270 e. The number of hydrogen-bond donors (Lipinski definition) is 2. The lowest BCUT2D eigenvalue weighted by Crippen LogP contribution is -2.49. The number of piperidine rings is 2. The predicted molar refractivity (Wildman–Crippen MR) is 157 cm³/mol. The fraction of sp³-hybridized carbons (Fsp3) is 0.455. The minimum Gasteiger partial charge on any atom is -0.506 e. The lowest BCUT2D eigenvalue weighted by atomic mass is 9.70. The van der Waals surface area contributed by atoms with Gasteiger partial charge in [-0.15, -0.1) is 0 Å². The van der Waals surface area contributed by atoms with Crippen LogP contribution in [-0.2, 0) is 5.41 Å². The van der Waals surface area contributed by atoms with Gasteiger partial charge >= 0.3 is 0 Å². The molecule has 0 aliphatic carbocycles. The maximum absolute atomic E-state index is 13.1. The number of hydrogen-bond acceptors (Lipinski definition) is 4. The van der Waals surface area contributed by atoms with Gasteiger partial charge in [-0.1, -0.05) is 42.5 Å². The summed E-state index contributed by atoms with van der Waals surface area (Å²) in [5.74, 6) is 1.22. The zero-order valence-electron chi connectivity index (χ0n) is 23.3. The summed E-state index contributed by atoms with van der Waals surface area (Å²) in [4.78, 5) is 25.6. The Bertz CT molecular complexity index is 1490. The summed E-state index contributed by atoms with van der Waals surface area (Å²) in [6, 6.07) is 22.8. The topological polar surface area (TPSA) is 77.4 Å². The quantitative estimate of drug-likeness (QED) is 0.325. The number of carbonyl (C=O) groups excluding carboxylic acids is 1. The van der Waals surface area contributed by atoms with E-state index in [2.05, 4.69) is 76.0 Å². The molecule has 208 valence electrons. The van der Waals surface area contributed by atoms with Crippen LogP contribution in [0.2, 0.25) is 0 Å². The largest absolute Gasteiger partial charge is 0.506 e. The highest BCUT2D eigenvalue weighted by molar-refractivity contribution is 5.93. The van der Waals surface area contributed by atoms with E-state index >= 15 is 0 Å². The number of para-hydroxylation sites is 2. The van der Waals surface area contributed by atoms with Crippen LogP contribution in [0.25, 0.3) is 11.0 Å². The first kappa shape index (κ1) is 25.4. The number of imidazole rings is 1. The Morgan fingerprint density at radius 1 is 1.00 bits per heavy atom. The molecular formula is C33H39N5O2. The number of carbonyl (C=O) groups is 1. The number of aromatic hydroxyl groups is 1. The van der Waals surface area contributed by atoms with Crippen LogP contribution in [-0.4, -0.2) is 67.1 Å². The second-order valence-corrected chi connectivity index (χ2v) is 12.2. The van der Waals surface area contributed by atoms with E-state index in [1.165, 1.54) is 49.0 Å². The maximum atomic E-state index is 13.1. The van der Waals surface area contributed by atoms with E-state index in [1.807, 2.05) is 4.90 Å². The monoisotopic (exact) mass is 537 g/mol. The van der Waals surface area contributed by atoms with E-state index in [0.717, 1.165) is 50.2 Å². The molecule has 3 aliphatic rings. The Hall–Kier alpha value is -3.58. The molecule has 7 heteroatoms. The molecule has 2 aromatic carbocycles. The minimum atomic E-state index is -0.0237. The number of aromatic amines is 1. The third kappa shape index (κ3) is 4.40. The summed E-state index contributed by atoms with van der Waals surface area (Å²) in [5.41, 5.74) is 4.32. The van der Waals surface area contributed by atoms with Gasteiger partial charge < -0.3 is 19.6 Å². The van der Waals surface area contributed by atoms with Gasteiger partial charge in [-0.2, -0.15) is 0 Å². The van der Waals surface area contributed by atoms with Crippen LogP contribution in [0.5, 0.6) is 5.75 Å². The van der Waals surface area contributed by atoms with Crippen molar-refractivity contribution in [2.75, 3.05) is 19.6 Å². The molecule has 2 bridgehead atoms. The molecule has 0 saturated carbocycles. The van der Waals surface area contributed by atoms with Gasteiger partial charge in [-0.05, 0) is 81.5 Å². The molecule has 5 heterocycles. The van der Waals surface area contributed by atoms with Crippen molar-refractivity contribution in [3.63, 3.8) is 0 Å². The van der Waals surface area contributed by atoms with Gasteiger partial charge in [0.15, 0.2) is 0 Å². The molecule has 2 N–H and O–H groups in total. The number of aromatic nitrogens is 3.